The largest absolute Gasteiger partial charge is 0.361 e. The fraction of sp³-hybridized carbons (Fsp3) is 0.100. The van der Waals surface area contributed by atoms with E-state index in [4.69, 9.17) is 0 Å². The average molecular weight is 384 g/mol. The highest BCUT2D eigenvalue weighted by Gasteiger charge is 2.13. The van der Waals surface area contributed by atoms with E-state index in [1.165, 1.54) is 16.8 Å². The molecule has 4 rings (SSSR count). The van der Waals surface area contributed by atoms with Gasteiger partial charge in [0.05, 0.1) is 12.2 Å². The molecule has 28 heavy (non-hydrogen) atoms. The SMILES string of the molecule is Cc1cc(Nc2nc(=O)ccn2Cc2cc(F)c(F)c(F)c2)c2cc[nH]c2c1. The van der Waals surface area contributed by atoms with E-state index in [1.54, 1.807) is 6.20 Å². The van der Waals surface area contributed by atoms with Crippen molar-refractivity contribution in [3.8, 4) is 0 Å². The average Bonchev–Trinajstić information content (AvgIpc) is 3.10. The van der Waals surface area contributed by atoms with Gasteiger partial charge in [-0.1, -0.05) is 0 Å². The first-order chi connectivity index (χ1) is 13.4. The van der Waals surface area contributed by atoms with Gasteiger partial charge in [-0.3, -0.25) is 4.79 Å². The maximum absolute atomic E-state index is 13.5. The lowest BCUT2D eigenvalue weighted by atomic mass is 10.1. The number of halogens is 3. The van der Waals surface area contributed by atoms with Gasteiger partial charge in [0, 0.05) is 29.4 Å². The van der Waals surface area contributed by atoms with Crippen molar-refractivity contribution in [2.45, 2.75) is 13.5 Å². The van der Waals surface area contributed by atoms with Crippen LogP contribution < -0.4 is 10.9 Å². The van der Waals surface area contributed by atoms with Gasteiger partial charge in [0.1, 0.15) is 0 Å². The van der Waals surface area contributed by atoms with Gasteiger partial charge in [-0.2, -0.15) is 4.98 Å². The van der Waals surface area contributed by atoms with Crippen molar-refractivity contribution in [1.29, 1.82) is 0 Å². The van der Waals surface area contributed by atoms with Gasteiger partial charge in [-0.15, -0.1) is 0 Å². The minimum absolute atomic E-state index is 0.00811. The van der Waals surface area contributed by atoms with Crippen molar-refractivity contribution in [2.75, 3.05) is 5.32 Å². The van der Waals surface area contributed by atoms with E-state index in [-0.39, 0.29) is 18.1 Å². The molecule has 0 saturated heterocycles. The van der Waals surface area contributed by atoms with Crippen LogP contribution in [0.25, 0.3) is 10.9 Å². The zero-order valence-electron chi connectivity index (χ0n) is 14.8. The molecule has 0 unspecified atom stereocenters. The number of anilines is 2. The van der Waals surface area contributed by atoms with E-state index < -0.39 is 23.0 Å². The standard InChI is InChI=1S/C20H15F3N4O/c1-11-6-16-13(2-4-24-16)17(7-11)25-20-26-18(28)3-5-27(20)10-12-8-14(21)19(23)15(22)9-12/h2-9,24H,10H2,1H3,(H,25,26,28). The molecular weight excluding hydrogens is 369 g/mol. The Morgan fingerprint density at radius 2 is 1.86 bits per heavy atom. The van der Waals surface area contributed by atoms with Gasteiger partial charge >= 0.3 is 0 Å². The van der Waals surface area contributed by atoms with Crippen molar-refractivity contribution in [3.05, 3.63) is 87.7 Å². The molecule has 0 spiro atoms. The summed E-state index contributed by atoms with van der Waals surface area (Å²) in [6.07, 6.45) is 3.26. The lowest BCUT2D eigenvalue weighted by molar-refractivity contribution is 0.444. The van der Waals surface area contributed by atoms with Gasteiger partial charge in [0.15, 0.2) is 17.5 Å². The fourth-order valence-corrected chi connectivity index (χ4v) is 3.09. The highest BCUT2D eigenvalue weighted by atomic mass is 19.2. The minimum Gasteiger partial charge on any atom is -0.361 e. The summed E-state index contributed by atoms with van der Waals surface area (Å²) in [6, 6.07) is 8.83. The molecule has 2 aromatic carbocycles. The van der Waals surface area contributed by atoms with Crippen LogP contribution in [0.2, 0.25) is 0 Å². The first-order valence-electron chi connectivity index (χ1n) is 8.46. The first-order valence-corrected chi connectivity index (χ1v) is 8.46. The molecule has 0 aliphatic heterocycles. The van der Waals surface area contributed by atoms with E-state index in [2.05, 4.69) is 15.3 Å². The van der Waals surface area contributed by atoms with Crippen LogP contribution in [0, 0.1) is 24.4 Å². The lowest BCUT2D eigenvalue weighted by Crippen LogP contribution is -2.16. The first kappa shape index (κ1) is 17.8. The van der Waals surface area contributed by atoms with Gasteiger partial charge in [-0.25, -0.2) is 13.2 Å². The lowest BCUT2D eigenvalue weighted by Gasteiger charge is -2.15. The topological polar surface area (TPSA) is 62.7 Å². The molecule has 0 bridgehead atoms. The van der Waals surface area contributed by atoms with Crippen LogP contribution in [0.4, 0.5) is 24.8 Å². The van der Waals surface area contributed by atoms with Crippen LogP contribution in [0.1, 0.15) is 11.1 Å². The van der Waals surface area contributed by atoms with Gasteiger partial charge in [0.25, 0.3) is 5.56 Å². The maximum atomic E-state index is 13.5. The van der Waals surface area contributed by atoms with Crippen molar-refractivity contribution in [2.24, 2.45) is 0 Å². The molecule has 142 valence electrons. The van der Waals surface area contributed by atoms with Crippen LogP contribution in [0.3, 0.4) is 0 Å². The van der Waals surface area contributed by atoms with Crippen LogP contribution in [0.15, 0.2) is 53.6 Å². The second-order valence-corrected chi connectivity index (χ2v) is 6.47. The quantitative estimate of drug-likeness (QED) is 0.518. The predicted octanol–water partition coefficient (Wildman–Crippen LogP) is 4.24. The monoisotopic (exact) mass is 384 g/mol. The number of aromatic nitrogens is 3. The van der Waals surface area contributed by atoms with Crippen LogP contribution in [0.5, 0.6) is 0 Å². The minimum atomic E-state index is -1.52. The molecular formula is C20H15F3N4O. The number of benzene rings is 2. The molecule has 0 aliphatic rings. The molecule has 0 saturated carbocycles. The molecule has 0 atom stereocenters. The summed E-state index contributed by atoms with van der Waals surface area (Å²) in [7, 11) is 0. The number of nitrogens with one attached hydrogen (secondary N) is 2. The van der Waals surface area contributed by atoms with Crippen molar-refractivity contribution in [3.63, 3.8) is 0 Å². The maximum Gasteiger partial charge on any atom is 0.274 e. The summed E-state index contributed by atoms with van der Waals surface area (Å²) in [5.74, 6) is -3.86. The van der Waals surface area contributed by atoms with Crippen LogP contribution in [-0.2, 0) is 6.54 Å². The summed E-state index contributed by atoms with van der Waals surface area (Å²) < 4.78 is 41.8. The number of hydrogen-bond donors (Lipinski definition) is 2. The number of aryl methyl sites for hydroxylation is 1. The smallest absolute Gasteiger partial charge is 0.274 e. The molecule has 2 N–H and O–H groups in total. The fourth-order valence-electron chi connectivity index (χ4n) is 3.09. The molecule has 0 amide bonds. The second kappa shape index (κ2) is 6.88. The summed E-state index contributed by atoms with van der Waals surface area (Å²) >= 11 is 0. The van der Waals surface area contributed by atoms with Crippen molar-refractivity contribution >= 4 is 22.5 Å². The Bertz CT molecular complexity index is 1220. The van der Waals surface area contributed by atoms with Gasteiger partial charge in [-0.05, 0) is 48.4 Å². The highest BCUT2D eigenvalue weighted by Crippen LogP contribution is 2.27. The van der Waals surface area contributed by atoms with E-state index in [0.29, 0.717) is 0 Å². The van der Waals surface area contributed by atoms with Crippen LogP contribution in [-0.4, -0.2) is 14.5 Å². The normalized spacial score (nSPS) is 11.1. The number of H-pyrrole nitrogens is 1. The van der Waals surface area contributed by atoms with Crippen molar-refractivity contribution < 1.29 is 13.2 Å². The summed E-state index contributed by atoms with van der Waals surface area (Å²) in [5, 5.41) is 4.01. The van der Waals surface area contributed by atoms with E-state index >= 15 is 0 Å². The number of nitrogens with zero attached hydrogens (tertiary/aromatic N) is 2. The van der Waals surface area contributed by atoms with Gasteiger partial charge in [0.2, 0.25) is 5.95 Å². The molecule has 4 aromatic rings. The number of hydrogen-bond acceptors (Lipinski definition) is 3. The van der Waals surface area contributed by atoms with E-state index in [9.17, 15) is 18.0 Å². The Hall–Kier alpha value is -3.55. The Morgan fingerprint density at radius 1 is 1.11 bits per heavy atom. The summed E-state index contributed by atoms with van der Waals surface area (Å²) in [4.78, 5) is 18.9. The second-order valence-electron chi connectivity index (χ2n) is 6.47. The Kier molecular flexibility index (Phi) is 4.38. The molecule has 0 radical (unpaired) electrons. The van der Waals surface area contributed by atoms with E-state index in [0.717, 1.165) is 34.3 Å². The Labute approximate surface area is 157 Å². The molecule has 8 heteroatoms. The predicted molar refractivity (Wildman–Crippen MR) is 100 cm³/mol. The zero-order valence-corrected chi connectivity index (χ0v) is 14.8. The number of aromatic amines is 1. The van der Waals surface area contributed by atoms with Gasteiger partial charge < -0.3 is 14.9 Å². The van der Waals surface area contributed by atoms with Crippen LogP contribution >= 0.6 is 0 Å². The number of fused-ring (bicyclic) bond motifs is 1. The third-order valence-corrected chi connectivity index (χ3v) is 4.34. The third kappa shape index (κ3) is 3.36. The Morgan fingerprint density at radius 3 is 2.61 bits per heavy atom. The van der Waals surface area contributed by atoms with Crippen molar-refractivity contribution in [1.82, 2.24) is 14.5 Å². The molecule has 2 aromatic heterocycles. The molecule has 0 fully saturated rings. The molecule has 5 nitrogen and oxygen atoms in total. The Balaban J connectivity index is 1.75. The molecule has 0 aliphatic carbocycles. The molecule has 2 heterocycles. The van der Waals surface area contributed by atoms with E-state index in [1.807, 2.05) is 25.1 Å². The summed E-state index contributed by atoms with van der Waals surface area (Å²) in [5.41, 5.74) is 2.36. The third-order valence-electron chi connectivity index (χ3n) is 4.34. The highest BCUT2D eigenvalue weighted by molar-refractivity contribution is 5.93. The zero-order chi connectivity index (χ0) is 19.8. The number of rotatable bonds is 4. The summed E-state index contributed by atoms with van der Waals surface area (Å²) in [6.45, 7) is 1.92.